The van der Waals surface area contributed by atoms with E-state index in [-0.39, 0.29) is 5.75 Å². The second-order valence-electron chi connectivity index (χ2n) is 4.85. The van der Waals surface area contributed by atoms with Crippen LogP contribution in [0.25, 0.3) is 0 Å². The van der Waals surface area contributed by atoms with Crippen LogP contribution in [0.15, 0.2) is 29.2 Å². The summed E-state index contributed by atoms with van der Waals surface area (Å²) < 4.78 is 24.3. The molecule has 1 aromatic carbocycles. The first-order valence-corrected chi connectivity index (χ1v) is 8.41. The molecule has 0 unspecified atom stereocenters. The topological polar surface area (TPSA) is 58.2 Å². The molecule has 5 heteroatoms. The normalized spacial score (nSPS) is 11.8. The van der Waals surface area contributed by atoms with E-state index in [1.54, 1.807) is 12.1 Å². The van der Waals surface area contributed by atoms with Gasteiger partial charge in [0.25, 0.3) is 0 Å². The number of hydrogen-bond donors (Lipinski definition) is 2. The summed E-state index contributed by atoms with van der Waals surface area (Å²) in [6.07, 6.45) is 0.631. The Labute approximate surface area is 116 Å². The van der Waals surface area contributed by atoms with Gasteiger partial charge in [-0.3, -0.25) is 0 Å². The second-order valence-corrected chi connectivity index (χ2v) is 6.93. The standard InChI is InChI=1S/C14H24N2O2S/c1-4-11-19(17,18)14-8-6-5-7-13(14)16-10-9-15-12(2)3/h5-8,12,15-16H,4,9-11H2,1-3H3. The maximum Gasteiger partial charge on any atom is 0.180 e. The third-order valence-corrected chi connectivity index (χ3v) is 4.66. The minimum Gasteiger partial charge on any atom is -0.383 e. The Morgan fingerprint density at radius 1 is 1.16 bits per heavy atom. The Balaban J connectivity index is 2.74. The van der Waals surface area contributed by atoms with Gasteiger partial charge in [-0.1, -0.05) is 32.9 Å². The van der Waals surface area contributed by atoms with Crippen molar-refractivity contribution in [2.45, 2.75) is 38.1 Å². The maximum atomic E-state index is 12.1. The summed E-state index contributed by atoms with van der Waals surface area (Å²) >= 11 is 0. The van der Waals surface area contributed by atoms with Crippen LogP contribution >= 0.6 is 0 Å². The number of anilines is 1. The lowest BCUT2D eigenvalue weighted by Crippen LogP contribution is -2.28. The van der Waals surface area contributed by atoms with Crippen LogP contribution in [0.1, 0.15) is 27.2 Å². The molecule has 108 valence electrons. The fraction of sp³-hybridized carbons (Fsp3) is 0.571. The first-order valence-electron chi connectivity index (χ1n) is 6.76. The minimum absolute atomic E-state index is 0.190. The molecule has 0 amide bonds. The Morgan fingerprint density at radius 2 is 1.84 bits per heavy atom. The number of nitrogens with one attached hydrogen (secondary N) is 2. The summed E-state index contributed by atoms with van der Waals surface area (Å²) in [5.74, 6) is 0.190. The van der Waals surface area contributed by atoms with Crippen molar-refractivity contribution < 1.29 is 8.42 Å². The molecule has 0 bridgehead atoms. The molecule has 0 aliphatic heterocycles. The van der Waals surface area contributed by atoms with Crippen molar-refractivity contribution in [1.29, 1.82) is 0 Å². The molecule has 0 spiro atoms. The van der Waals surface area contributed by atoms with Gasteiger partial charge in [0.1, 0.15) is 0 Å². The van der Waals surface area contributed by atoms with Crippen LogP contribution in [0.5, 0.6) is 0 Å². The van der Waals surface area contributed by atoms with Crippen LogP contribution in [-0.2, 0) is 9.84 Å². The van der Waals surface area contributed by atoms with Gasteiger partial charge in [0, 0.05) is 19.1 Å². The predicted octanol–water partition coefficient (Wildman–Crippen LogP) is 2.28. The Morgan fingerprint density at radius 3 is 2.47 bits per heavy atom. The van der Waals surface area contributed by atoms with Gasteiger partial charge >= 0.3 is 0 Å². The van der Waals surface area contributed by atoms with Gasteiger partial charge in [-0.25, -0.2) is 8.42 Å². The largest absolute Gasteiger partial charge is 0.383 e. The molecule has 0 aliphatic carbocycles. The molecule has 1 rings (SSSR count). The molecule has 0 radical (unpaired) electrons. The smallest absolute Gasteiger partial charge is 0.180 e. The molecular weight excluding hydrogens is 260 g/mol. The van der Waals surface area contributed by atoms with E-state index in [1.165, 1.54) is 0 Å². The molecule has 0 fully saturated rings. The zero-order valence-electron chi connectivity index (χ0n) is 11.9. The number of sulfone groups is 1. The summed E-state index contributed by atoms with van der Waals surface area (Å²) in [5.41, 5.74) is 0.696. The average Bonchev–Trinajstić information content (AvgIpc) is 2.35. The lowest BCUT2D eigenvalue weighted by atomic mass is 10.3. The molecule has 0 saturated carbocycles. The molecule has 1 aromatic rings. The molecule has 0 aromatic heterocycles. The minimum atomic E-state index is -3.18. The van der Waals surface area contributed by atoms with Gasteiger partial charge in [-0.2, -0.15) is 0 Å². The highest BCUT2D eigenvalue weighted by molar-refractivity contribution is 7.91. The van der Waals surface area contributed by atoms with Crippen molar-refractivity contribution in [1.82, 2.24) is 5.32 Å². The van der Waals surface area contributed by atoms with Gasteiger partial charge in [-0.15, -0.1) is 0 Å². The summed E-state index contributed by atoms with van der Waals surface area (Å²) in [4.78, 5) is 0.404. The van der Waals surface area contributed by atoms with Crippen molar-refractivity contribution in [3.63, 3.8) is 0 Å². The lowest BCUT2D eigenvalue weighted by molar-refractivity contribution is 0.593. The van der Waals surface area contributed by atoms with E-state index < -0.39 is 9.84 Å². The first-order chi connectivity index (χ1) is 8.97. The van der Waals surface area contributed by atoms with Crippen molar-refractivity contribution in [2.24, 2.45) is 0 Å². The number of benzene rings is 1. The molecule has 0 atom stereocenters. The van der Waals surface area contributed by atoms with E-state index in [9.17, 15) is 8.42 Å². The van der Waals surface area contributed by atoms with Crippen LogP contribution < -0.4 is 10.6 Å². The van der Waals surface area contributed by atoms with Crippen LogP contribution in [0.4, 0.5) is 5.69 Å². The van der Waals surface area contributed by atoms with E-state index in [0.29, 0.717) is 29.6 Å². The molecule has 0 saturated heterocycles. The quantitative estimate of drug-likeness (QED) is 0.719. The molecular formula is C14H24N2O2S. The second kappa shape index (κ2) is 7.50. The SMILES string of the molecule is CCCS(=O)(=O)c1ccccc1NCCNC(C)C. The van der Waals surface area contributed by atoms with Gasteiger partial charge in [-0.05, 0) is 18.6 Å². The zero-order valence-corrected chi connectivity index (χ0v) is 12.8. The number of para-hydroxylation sites is 1. The van der Waals surface area contributed by atoms with Crippen molar-refractivity contribution in [2.75, 3.05) is 24.2 Å². The van der Waals surface area contributed by atoms with E-state index in [2.05, 4.69) is 24.5 Å². The van der Waals surface area contributed by atoms with Crippen LogP contribution in [0.2, 0.25) is 0 Å². The Bertz CT molecular complexity index is 484. The number of rotatable bonds is 8. The lowest BCUT2D eigenvalue weighted by Gasteiger charge is -2.13. The fourth-order valence-corrected chi connectivity index (χ4v) is 3.34. The molecule has 19 heavy (non-hydrogen) atoms. The fourth-order valence-electron chi connectivity index (χ4n) is 1.82. The van der Waals surface area contributed by atoms with Crippen molar-refractivity contribution in [3.05, 3.63) is 24.3 Å². The molecule has 0 heterocycles. The van der Waals surface area contributed by atoms with Crippen molar-refractivity contribution in [3.8, 4) is 0 Å². The first kappa shape index (κ1) is 16.0. The summed E-state index contributed by atoms with van der Waals surface area (Å²) in [5, 5.41) is 6.48. The Hall–Kier alpha value is -1.07. The highest BCUT2D eigenvalue weighted by atomic mass is 32.2. The van der Waals surface area contributed by atoms with Crippen LogP contribution in [0.3, 0.4) is 0 Å². The summed E-state index contributed by atoms with van der Waals surface area (Å²) in [6.45, 7) is 7.55. The summed E-state index contributed by atoms with van der Waals surface area (Å²) in [6, 6.07) is 7.53. The van der Waals surface area contributed by atoms with Gasteiger partial charge in [0.05, 0.1) is 16.3 Å². The highest BCUT2D eigenvalue weighted by Gasteiger charge is 2.16. The van der Waals surface area contributed by atoms with Gasteiger partial charge in [0.15, 0.2) is 9.84 Å². The molecule has 2 N–H and O–H groups in total. The number of hydrogen-bond acceptors (Lipinski definition) is 4. The van der Waals surface area contributed by atoms with E-state index >= 15 is 0 Å². The molecule has 0 aliphatic rings. The van der Waals surface area contributed by atoms with Gasteiger partial charge in [0.2, 0.25) is 0 Å². The van der Waals surface area contributed by atoms with Crippen molar-refractivity contribution >= 4 is 15.5 Å². The van der Waals surface area contributed by atoms with E-state index in [0.717, 1.165) is 6.54 Å². The predicted molar refractivity (Wildman–Crippen MR) is 80.4 cm³/mol. The summed E-state index contributed by atoms with van der Waals surface area (Å²) in [7, 11) is -3.18. The highest BCUT2D eigenvalue weighted by Crippen LogP contribution is 2.22. The third-order valence-electron chi connectivity index (χ3n) is 2.69. The molecule has 4 nitrogen and oxygen atoms in total. The van der Waals surface area contributed by atoms with E-state index in [1.807, 2.05) is 19.1 Å². The van der Waals surface area contributed by atoms with E-state index in [4.69, 9.17) is 0 Å². The average molecular weight is 284 g/mol. The van der Waals surface area contributed by atoms with Gasteiger partial charge < -0.3 is 10.6 Å². The Kier molecular flexibility index (Phi) is 6.31. The third kappa shape index (κ3) is 5.20. The zero-order chi connectivity index (χ0) is 14.3. The maximum absolute atomic E-state index is 12.1. The monoisotopic (exact) mass is 284 g/mol. The van der Waals surface area contributed by atoms with Crippen LogP contribution in [0, 0.1) is 0 Å². The van der Waals surface area contributed by atoms with Crippen LogP contribution in [-0.4, -0.2) is 33.3 Å².